The van der Waals surface area contributed by atoms with Gasteiger partial charge in [-0.25, -0.2) is 9.98 Å². The molecule has 0 aliphatic carbocycles. The first-order valence-electron chi connectivity index (χ1n) is 8.90. The van der Waals surface area contributed by atoms with Crippen LogP contribution in [-0.4, -0.2) is 29.9 Å². The SMILES string of the molecule is CCNC(=NCc1nc(C)c(C)o1)NCCC(=O)Nc1cccc(Cl)c1C. The highest BCUT2D eigenvalue weighted by Crippen LogP contribution is 2.22. The van der Waals surface area contributed by atoms with E-state index < -0.39 is 0 Å². The molecule has 0 fully saturated rings. The van der Waals surface area contributed by atoms with Gasteiger partial charge in [0.15, 0.2) is 5.96 Å². The highest BCUT2D eigenvalue weighted by Gasteiger charge is 2.08. The van der Waals surface area contributed by atoms with Gasteiger partial charge >= 0.3 is 0 Å². The molecule has 0 unspecified atom stereocenters. The number of carbonyl (C=O) groups is 1. The fraction of sp³-hybridized carbons (Fsp3) is 0.421. The Morgan fingerprint density at radius 2 is 2.04 bits per heavy atom. The third-order valence-corrected chi connectivity index (χ3v) is 4.39. The number of halogens is 1. The Labute approximate surface area is 164 Å². The van der Waals surface area contributed by atoms with Crippen molar-refractivity contribution in [2.75, 3.05) is 18.4 Å². The van der Waals surface area contributed by atoms with Gasteiger partial charge in [-0.1, -0.05) is 17.7 Å². The van der Waals surface area contributed by atoms with Crippen molar-refractivity contribution in [1.82, 2.24) is 15.6 Å². The molecule has 1 aromatic carbocycles. The lowest BCUT2D eigenvalue weighted by Gasteiger charge is -2.12. The van der Waals surface area contributed by atoms with E-state index in [-0.39, 0.29) is 5.91 Å². The van der Waals surface area contributed by atoms with Crippen LogP contribution in [0, 0.1) is 20.8 Å². The number of hydrogen-bond acceptors (Lipinski definition) is 4. The van der Waals surface area contributed by atoms with Gasteiger partial charge in [0.25, 0.3) is 0 Å². The molecular formula is C19H26ClN5O2. The smallest absolute Gasteiger partial charge is 0.226 e. The second-order valence-corrected chi connectivity index (χ2v) is 6.49. The summed E-state index contributed by atoms with van der Waals surface area (Å²) in [7, 11) is 0. The standard InChI is InChI=1S/C19H26ClN5O2/c1-5-21-19(23-11-18-24-13(3)14(4)27-18)22-10-9-17(26)25-16-8-6-7-15(20)12(16)2/h6-8H,5,9-11H2,1-4H3,(H,25,26)(H2,21,22,23). The summed E-state index contributed by atoms with van der Waals surface area (Å²) in [6.07, 6.45) is 0.299. The molecule has 146 valence electrons. The van der Waals surface area contributed by atoms with Gasteiger partial charge < -0.3 is 20.4 Å². The third kappa shape index (κ3) is 6.29. The summed E-state index contributed by atoms with van der Waals surface area (Å²) in [5, 5.41) is 9.78. The van der Waals surface area contributed by atoms with Gasteiger partial charge in [-0.05, 0) is 45.4 Å². The van der Waals surface area contributed by atoms with Gasteiger partial charge in [-0.2, -0.15) is 0 Å². The first-order valence-corrected chi connectivity index (χ1v) is 9.28. The monoisotopic (exact) mass is 391 g/mol. The zero-order chi connectivity index (χ0) is 19.8. The van der Waals surface area contributed by atoms with Gasteiger partial charge in [0, 0.05) is 30.2 Å². The first-order chi connectivity index (χ1) is 12.9. The molecule has 7 nitrogen and oxygen atoms in total. The minimum absolute atomic E-state index is 0.0948. The summed E-state index contributed by atoms with van der Waals surface area (Å²) in [5.74, 6) is 1.88. The van der Waals surface area contributed by atoms with E-state index in [4.69, 9.17) is 16.0 Å². The van der Waals surface area contributed by atoms with Crippen LogP contribution in [0.3, 0.4) is 0 Å². The molecule has 0 spiro atoms. The van der Waals surface area contributed by atoms with E-state index in [2.05, 4.69) is 25.9 Å². The Hall–Kier alpha value is -2.54. The van der Waals surface area contributed by atoms with Crippen molar-refractivity contribution in [3.05, 3.63) is 46.1 Å². The van der Waals surface area contributed by atoms with Crippen molar-refractivity contribution in [1.29, 1.82) is 0 Å². The second kappa shape index (κ2) is 9.97. The zero-order valence-corrected chi connectivity index (χ0v) is 16.9. The fourth-order valence-electron chi connectivity index (χ4n) is 2.35. The molecule has 27 heavy (non-hydrogen) atoms. The van der Waals surface area contributed by atoms with Crippen molar-refractivity contribution < 1.29 is 9.21 Å². The predicted molar refractivity (Wildman–Crippen MR) is 108 cm³/mol. The number of aromatic nitrogens is 1. The molecule has 0 bridgehead atoms. The van der Waals surface area contributed by atoms with E-state index in [1.165, 1.54) is 0 Å². The van der Waals surface area contributed by atoms with Crippen LogP contribution in [0.1, 0.15) is 36.3 Å². The molecule has 3 N–H and O–H groups in total. The van der Waals surface area contributed by atoms with E-state index >= 15 is 0 Å². The summed E-state index contributed by atoms with van der Waals surface area (Å²) in [4.78, 5) is 20.9. The number of nitrogens with one attached hydrogen (secondary N) is 3. The maximum atomic E-state index is 12.2. The van der Waals surface area contributed by atoms with Gasteiger partial charge in [0.05, 0.1) is 5.69 Å². The first kappa shape index (κ1) is 20.8. The molecule has 8 heteroatoms. The average Bonchev–Trinajstić information content (AvgIpc) is 2.95. The molecule has 2 aromatic rings. The average molecular weight is 392 g/mol. The number of guanidine groups is 1. The van der Waals surface area contributed by atoms with Crippen LogP contribution in [0.15, 0.2) is 27.6 Å². The molecule has 1 aromatic heterocycles. The van der Waals surface area contributed by atoms with Crippen molar-refractivity contribution in [2.45, 2.75) is 40.7 Å². The quantitative estimate of drug-likeness (QED) is 0.497. The Balaban J connectivity index is 1.85. The number of oxazole rings is 1. The second-order valence-electron chi connectivity index (χ2n) is 6.08. The van der Waals surface area contributed by atoms with E-state index in [0.29, 0.717) is 42.9 Å². The molecule has 0 saturated heterocycles. The lowest BCUT2D eigenvalue weighted by molar-refractivity contribution is -0.116. The van der Waals surface area contributed by atoms with Crippen LogP contribution in [0.5, 0.6) is 0 Å². The van der Waals surface area contributed by atoms with Crippen molar-refractivity contribution in [3.8, 4) is 0 Å². The normalized spacial score (nSPS) is 11.4. The molecule has 0 saturated carbocycles. The van der Waals surface area contributed by atoms with Crippen molar-refractivity contribution >= 4 is 29.2 Å². The number of carbonyl (C=O) groups excluding carboxylic acids is 1. The van der Waals surface area contributed by atoms with Crippen LogP contribution in [0.25, 0.3) is 0 Å². The Bertz CT molecular complexity index is 797. The summed E-state index contributed by atoms with van der Waals surface area (Å²) < 4.78 is 5.52. The summed E-state index contributed by atoms with van der Waals surface area (Å²) in [6.45, 7) is 9.11. The summed E-state index contributed by atoms with van der Waals surface area (Å²) >= 11 is 6.07. The highest BCUT2D eigenvalue weighted by molar-refractivity contribution is 6.31. The maximum absolute atomic E-state index is 12.2. The van der Waals surface area contributed by atoms with Crippen LogP contribution < -0.4 is 16.0 Å². The van der Waals surface area contributed by atoms with E-state index in [9.17, 15) is 4.79 Å². The Morgan fingerprint density at radius 1 is 1.26 bits per heavy atom. The summed E-state index contributed by atoms with van der Waals surface area (Å²) in [5.41, 5.74) is 2.45. The number of nitrogens with zero attached hydrogens (tertiary/aromatic N) is 2. The summed E-state index contributed by atoms with van der Waals surface area (Å²) in [6, 6.07) is 5.44. The lowest BCUT2D eigenvalue weighted by Crippen LogP contribution is -2.38. The van der Waals surface area contributed by atoms with E-state index in [1.807, 2.05) is 39.8 Å². The Kier molecular flexibility index (Phi) is 7.67. The van der Waals surface area contributed by atoms with Gasteiger partial charge in [0.1, 0.15) is 12.3 Å². The maximum Gasteiger partial charge on any atom is 0.226 e. The molecule has 2 rings (SSSR count). The van der Waals surface area contributed by atoms with E-state index in [1.54, 1.807) is 6.07 Å². The van der Waals surface area contributed by atoms with Crippen molar-refractivity contribution in [3.63, 3.8) is 0 Å². The molecule has 0 radical (unpaired) electrons. The topological polar surface area (TPSA) is 91.6 Å². The lowest BCUT2D eigenvalue weighted by atomic mass is 10.2. The van der Waals surface area contributed by atoms with Gasteiger partial charge in [-0.15, -0.1) is 0 Å². The molecule has 0 atom stereocenters. The van der Waals surface area contributed by atoms with Crippen LogP contribution in [0.2, 0.25) is 5.02 Å². The van der Waals surface area contributed by atoms with Crippen LogP contribution in [0.4, 0.5) is 5.69 Å². The highest BCUT2D eigenvalue weighted by atomic mass is 35.5. The number of rotatable bonds is 7. The number of aryl methyl sites for hydroxylation is 2. The zero-order valence-electron chi connectivity index (χ0n) is 16.1. The van der Waals surface area contributed by atoms with Gasteiger partial charge in [0.2, 0.25) is 11.8 Å². The number of aliphatic imine (C=N–C) groups is 1. The van der Waals surface area contributed by atoms with Crippen LogP contribution >= 0.6 is 11.6 Å². The minimum Gasteiger partial charge on any atom is -0.444 e. The largest absolute Gasteiger partial charge is 0.444 e. The molecule has 0 aliphatic heterocycles. The van der Waals surface area contributed by atoms with E-state index in [0.717, 1.165) is 22.7 Å². The molecule has 0 aliphatic rings. The third-order valence-electron chi connectivity index (χ3n) is 3.98. The number of hydrogen-bond donors (Lipinski definition) is 3. The Morgan fingerprint density at radius 3 is 2.70 bits per heavy atom. The minimum atomic E-state index is -0.0948. The van der Waals surface area contributed by atoms with Gasteiger partial charge in [-0.3, -0.25) is 4.79 Å². The fourth-order valence-corrected chi connectivity index (χ4v) is 2.52. The number of benzene rings is 1. The predicted octanol–water partition coefficient (Wildman–Crippen LogP) is 3.34. The molecular weight excluding hydrogens is 366 g/mol. The molecule has 1 amide bonds. The number of anilines is 1. The molecule has 1 heterocycles. The van der Waals surface area contributed by atoms with Crippen LogP contribution in [-0.2, 0) is 11.3 Å². The number of amides is 1. The van der Waals surface area contributed by atoms with Crippen molar-refractivity contribution in [2.24, 2.45) is 4.99 Å².